The monoisotopic (exact) mass is 459 g/mol. The number of piperazine rings is 1. The molecule has 0 atom stereocenters. The topological polar surface area (TPSA) is 50.9 Å². The number of rotatable bonds is 10. The Labute approximate surface area is 203 Å². The van der Waals surface area contributed by atoms with Crippen LogP contribution in [-0.2, 0) is 4.79 Å². The Morgan fingerprint density at radius 3 is 2.44 bits per heavy atom. The maximum atomic E-state index is 11.3. The Balaban J connectivity index is 1.34. The average molecular weight is 460 g/mol. The first-order valence-corrected chi connectivity index (χ1v) is 12.3. The number of hydrogen-bond acceptors (Lipinski definition) is 5. The minimum atomic E-state index is 0.755. The lowest BCUT2D eigenvalue weighted by Gasteiger charge is -2.38. The van der Waals surface area contributed by atoms with E-state index in [0.717, 1.165) is 87.7 Å². The number of aryl methyl sites for hydroxylation is 1. The van der Waals surface area contributed by atoms with E-state index in [4.69, 9.17) is 0 Å². The molecule has 2 fully saturated rings. The van der Waals surface area contributed by atoms with E-state index < -0.39 is 0 Å². The average Bonchev–Trinajstić information content (AvgIpc) is 3.27. The van der Waals surface area contributed by atoms with Crippen LogP contribution in [0.1, 0.15) is 30.4 Å². The molecule has 34 heavy (non-hydrogen) atoms. The van der Waals surface area contributed by atoms with Gasteiger partial charge in [0.15, 0.2) is 0 Å². The van der Waals surface area contributed by atoms with Crippen molar-refractivity contribution in [2.75, 3.05) is 60.9 Å². The summed E-state index contributed by atoms with van der Waals surface area (Å²) >= 11 is 0. The van der Waals surface area contributed by atoms with Crippen molar-refractivity contribution in [3.63, 3.8) is 0 Å². The van der Waals surface area contributed by atoms with E-state index in [1.165, 1.54) is 23.4 Å². The molecule has 2 heterocycles. The molecule has 6 nitrogen and oxygen atoms in total. The molecule has 180 valence electrons. The number of hydrogen-bond donors (Lipinski definition) is 2. The second-order valence-corrected chi connectivity index (χ2v) is 9.17. The fourth-order valence-electron chi connectivity index (χ4n) is 4.96. The van der Waals surface area contributed by atoms with Crippen LogP contribution in [0.15, 0.2) is 61.3 Å². The highest BCUT2D eigenvalue weighted by Gasteiger charge is 2.21. The molecule has 2 aromatic rings. The summed E-state index contributed by atoms with van der Waals surface area (Å²) < 4.78 is 0. The van der Waals surface area contributed by atoms with Crippen molar-refractivity contribution < 1.29 is 4.79 Å². The van der Waals surface area contributed by atoms with Gasteiger partial charge in [0, 0.05) is 62.9 Å². The standard InChI is InChI=1S/C28H37N5O/c1-22-8-4-5-10-27(22)32-16-18-33(19-17-32)28-12-11-25(20-26(28)30-21-34)24(3)29-13-7-15-31-14-6-9-23(31)2/h4-5,8,10-12,20-21,29H,2-3,6-7,9,13-19H2,1H3,(H,30,34). The second-order valence-electron chi connectivity index (χ2n) is 9.17. The highest BCUT2D eigenvalue weighted by molar-refractivity contribution is 5.84. The lowest BCUT2D eigenvalue weighted by Crippen LogP contribution is -2.47. The highest BCUT2D eigenvalue weighted by Crippen LogP contribution is 2.31. The van der Waals surface area contributed by atoms with Gasteiger partial charge in [-0.3, -0.25) is 4.79 Å². The Morgan fingerprint density at radius 2 is 1.76 bits per heavy atom. The Kier molecular flexibility index (Phi) is 7.78. The lowest BCUT2D eigenvalue weighted by atomic mass is 10.1. The Bertz CT molecular complexity index is 1030. The molecule has 0 radical (unpaired) electrons. The zero-order chi connectivity index (χ0) is 23.9. The van der Waals surface area contributed by atoms with Gasteiger partial charge in [0.1, 0.15) is 0 Å². The van der Waals surface area contributed by atoms with Crippen LogP contribution in [0.25, 0.3) is 5.70 Å². The van der Waals surface area contributed by atoms with Crippen molar-refractivity contribution in [3.8, 4) is 0 Å². The third kappa shape index (κ3) is 5.56. The first-order valence-electron chi connectivity index (χ1n) is 12.3. The van der Waals surface area contributed by atoms with E-state index in [1.807, 2.05) is 6.07 Å². The van der Waals surface area contributed by atoms with Gasteiger partial charge in [-0.2, -0.15) is 0 Å². The van der Waals surface area contributed by atoms with Crippen LogP contribution in [-0.4, -0.2) is 57.1 Å². The number of carbonyl (C=O) groups excluding carboxylic acids is 1. The fraction of sp³-hybridized carbons (Fsp3) is 0.393. The number of amides is 1. The van der Waals surface area contributed by atoms with Crippen LogP contribution in [0, 0.1) is 6.92 Å². The summed E-state index contributed by atoms with van der Waals surface area (Å²) in [6.07, 6.45) is 4.14. The maximum Gasteiger partial charge on any atom is 0.211 e. The van der Waals surface area contributed by atoms with E-state index >= 15 is 0 Å². The van der Waals surface area contributed by atoms with Gasteiger partial charge in [-0.05, 0) is 55.5 Å². The largest absolute Gasteiger partial charge is 0.385 e. The molecule has 2 saturated heterocycles. The molecule has 4 rings (SSSR count). The maximum absolute atomic E-state index is 11.3. The van der Waals surface area contributed by atoms with Crippen molar-refractivity contribution in [2.45, 2.75) is 26.2 Å². The van der Waals surface area contributed by atoms with Crippen LogP contribution in [0.5, 0.6) is 0 Å². The summed E-state index contributed by atoms with van der Waals surface area (Å²) in [4.78, 5) is 18.5. The van der Waals surface area contributed by atoms with Gasteiger partial charge in [0.2, 0.25) is 6.41 Å². The van der Waals surface area contributed by atoms with Gasteiger partial charge in [-0.15, -0.1) is 0 Å². The normalized spacial score (nSPS) is 16.0. The van der Waals surface area contributed by atoms with Gasteiger partial charge >= 0.3 is 0 Å². The van der Waals surface area contributed by atoms with Crippen molar-refractivity contribution in [3.05, 3.63) is 72.4 Å². The fourth-order valence-corrected chi connectivity index (χ4v) is 4.96. The number of carbonyl (C=O) groups is 1. The summed E-state index contributed by atoms with van der Waals surface area (Å²) in [6, 6.07) is 14.8. The van der Waals surface area contributed by atoms with Crippen LogP contribution >= 0.6 is 0 Å². The minimum Gasteiger partial charge on any atom is -0.385 e. The summed E-state index contributed by atoms with van der Waals surface area (Å²) in [5.74, 6) is 0. The third-order valence-corrected chi connectivity index (χ3v) is 6.92. The molecule has 2 aliphatic heterocycles. The summed E-state index contributed by atoms with van der Waals surface area (Å²) in [6.45, 7) is 17.3. The predicted molar refractivity (Wildman–Crippen MR) is 143 cm³/mol. The number of para-hydroxylation sites is 1. The zero-order valence-corrected chi connectivity index (χ0v) is 20.4. The minimum absolute atomic E-state index is 0.755. The number of nitrogens with zero attached hydrogens (tertiary/aromatic N) is 3. The van der Waals surface area contributed by atoms with E-state index in [1.54, 1.807) is 0 Å². The van der Waals surface area contributed by atoms with E-state index in [2.05, 4.69) is 81.8 Å². The van der Waals surface area contributed by atoms with Gasteiger partial charge < -0.3 is 25.3 Å². The molecule has 0 spiro atoms. The number of likely N-dealkylation sites (tertiary alicyclic amines) is 1. The molecule has 0 bridgehead atoms. The third-order valence-electron chi connectivity index (χ3n) is 6.92. The molecule has 1 amide bonds. The van der Waals surface area contributed by atoms with Crippen LogP contribution < -0.4 is 20.4 Å². The van der Waals surface area contributed by atoms with Gasteiger partial charge in [0.05, 0.1) is 11.4 Å². The first kappa shape index (κ1) is 23.7. The number of nitrogens with one attached hydrogen (secondary N) is 2. The first-order chi connectivity index (χ1) is 16.6. The van der Waals surface area contributed by atoms with Gasteiger partial charge in [-0.25, -0.2) is 0 Å². The van der Waals surface area contributed by atoms with Crippen molar-refractivity contribution in [1.82, 2.24) is 10.2 Å². The van der Waals surface area contributed by atoms with E-state index in [0.29, 0.717) is 0 Å². The SMILES string of the molecule is C=C(NCCCN1CCCC1=C)c1ccc(N2CCN(c3ccccc3C)CC2)c(NC=O)c1. The molecule has 0 aromatic heterocycles. The van der Waals surface area contributed by atoms with E-state index in [-0.39, 0.29) is 0 Å². The van der Waals surface area contributed by atoms with Crippen LogP contribution in [0.2, 0.25) is 0 Å². The van der Waals surface area contributed by atoms with Crippen LogP contribution in [0.4, 0.5) is 17.1 Å². The summed E-state index contributed by atoms with van der Waals surface area (Å²) in [5, 5.41) is 6.36. The molecule has 2 aromatic carbocycles. The number of anilines is 3. The summed E-state index contributed by atoms with van der Waals surface area (Å²) in [5.41, 5.74) is 7.63. The molecule has 6 heteroatoms. The smallest absolute Gasteiger partial charge is 0.211 e. The summed E-state index contributed by atoms with van der Waals surface area (Å²) in [7, 11) is 0. The molecule has 2 N–H and O–H groups in total. The van der Waals surface area contributed by atoms with Gasteiger partial charge in [-0.1, -0.05) is 37.4 Å². The second kappa shape index (κ2) is 11.1. The van der Waals surface area contributed by atoms with Gasteiger partial charge in [0.25, 0.3) is 0 Å². The van der Waals surface area contributed by atoms with E-state index in [9.17, 15) is 4.79 Å². The Morgan fingerprint density at radius 1 is 1.03 bits per heavy atom. The lowest BCUT2D eigenvalue weighted by molar-refractivity contribution is -0.105. The Hall–Kier alpha value is -3.41. The van der Waals surface area contributed by atoms with Crippen molar-refractivity contribution in [2.24, 2.45) is 0 Å². The highest BCUT2D eigenvalue weighted by atomic mass is 16.1. The quantitative estimate of drug-likeness (QED) is 0.406. The molecule has 2 aliphatic rings. The number of benzene rings is 2. The molecule has 0 aliphatic carbocycles. The predicted octanol–water partition coefficient (Wildman–Crippen LogP) is 4.45. The molecular weight excluding hydrogens is 422 g/mol. The van der Waals surface area contributed by atoms with Crippen LogP contribution in [0.3, 0.4) is 0 Å². The number of allylic oxidation sites excluding steroid dienone is 1. The molecular formula is C28H37N5O. The van der Waals surface area contributed by atoms with Crippen molar-refractivity contribution in [1.29, 1.82) is 0 Å². The van der Waals surface area contributed by atoms with Crippen molar-refractivity contribution >= 4 is 29.2 Å². The zero-order valence-electron chi connectivity index (χ0n) is 20.4. The molecule has 0 saturated carbocycles. The molecule has 0 unspecified atom stereocenters.